The highest BCUT2D eigenvalue weighted by Crippen LogP contribution is 2.54. The lowest BCUT2D eigenvalue weighted by Gasteiger charge is -2.40. The first kappa shape index (κ1) is 18.4. The summed E-state index contributed by atoms with van der Waals surface area (Å²) in [4.78, 5) is 10.6. The maximum absolute atomic E-state index is 5.30. The SMILES string of the molecule is Cc1ccc(C)c2cc3cc4nc5c(nc4cc3cc12)C1c2ccccc2C5c2ccccc21. The summed E-state index contributed by atoms with van der Waals surface area (Å²) in [5.41, 5.74) is 12.4. The van der Waals surface area contributed by atoms with Gasteiger partial charge in [-0.25, -0.2) is 9.97 Å². The normalized spacial score (nSPS) is 17.7. The Morgan fingerprint density at radius 1 is 0.500 bits per heavy atom. The molecule has 3 aliphatic rings. The minimum absolute atomic E-state index is 0.154. The third-order valence-electron chi connectivity index (χ3n) is 8.03. The van der Waals surface area contributed by atoms with E-state index in [1.54, 1.807) is 0 Å². The van der Waals surface area contributed by atoms with Crippen LogP contribution in [-0.2, 0) is 0 Å². The van der Waals surface area contributed by atoms with Crippen LogP contribution in [0.5, 0.6) is 0 Å². The summed E-state index contributed by atoms with van der Waals surface area (Å²) in [7, 11) is 0. The Morgan fingerprint density at radius 2 is 0.882 bits per heavy atom. The molecule has 6 aromatic rings. The molecule has 5 aromatic carbocycles. The first-order chi connectivity index (χ1) is 16.7. The van der Waals surface area contributed by atoms with Crippen LogP contribution in [-0.4, -0.2) is 9.97 Å². The van der Waals surface area contributed by atoms with E-state index in [1.807, 2.05) is 0 Å². The van der Waals surface area contributed by atoms with Gasteiger partial charge in [0.1, 0.15) is 0 Å². The van der Waals surface area contributed by atoms with Gasteiger partial charge in [0.05, 0.1) is 34.3 Å². The van der Waals surface area contributed by atoms with E-state index in [-0.39, 0.29) is 11.8 Å². The van der Waals surface area contributed by atoms with Gasteiger partial charge in [-0.3, -0.25) is 0 Å². The molecule has 0 atom stereocenters. The number of rotatable bonds is 0. The maximum Gasteiger partial charge on any atom is 0.0897 e. The molecule has 0 unspecified atom stereocenters. The van der Waals surface area contributed by atoms with Gasteiger partial charge in [0.25, 0.3) is 0 Å². The predicted molar refractivity (Wildman–Crippen MR) is 139 cm³/mol. The monoisotopic (exact) mass is 434 g/mol. The molecule has 2 heteroatoms. The minimum Gasteiger partial charge on any atom is -0.248 e. The summed E-state index contributed by atoms with van der Waals surface area (Å²) in [5.74, 6) is 0.308. The number of hydrogen-bond acceptors (Lipinski definition) is 2. The highest BCUT2D eigenvalue weighted by atomic mass is 14.9. The van der Waals surface area contributed by atoms with Crippen molar-refractivity contribution in [2.45, 2.75) is 25.7 Å². The van der Waals surface area contributed by atoms with Gasteiger partial charge in [0.2, 0.25) is 0 Å². The Balaban J connectivity index is 1.44. The van der Waals surface area contributed by atoms with Crippen molar-refractivity contribution in [1.82, 2.24) is 9.97 Å². The molecular formula is C32H22N2. The topological polar surface area (TPSA) is 25.8 Å². The molecule has 2 nitrogen and oxygen atoms in total. The molecule has 0 saturated heterocycles. The second-order valence-corrected chi connectivity index (χ2v) is 9.90. The van der Waals surface area contributed by atoms with Crippen LogP contribution in [0.25, 0.3) is 32.6 Å². The van der Waals surface area contributed by atoms with Crippen LogP contribution in [0.3, 0.4) is 0 Å². The van der Waals surface area contributed by atoms with Gasteiger partial charge in [-0.15, -0.1) is 0 Å². The van der Waals surface area contributed by atoms with Crippen molar-refractivity contribution < 1.29 is 0 Å². The highest BCUT2D eigenvalue weighted by molar-refractivity contribution is 6.05. The van der Waals surface area contributed by atoms with Crippen LogP contribution in [0.15, 0.2) is 84.9 Å². The van der Waals surface area contributed by atoms with E-state index in [0.717, 1.165) is 22.4 Å². The van der Waals surface area contributed by atoms with Crippen molar-refractivity contribution in [2.24, 2.45) is 0 Å². The average molecular weight is 435 g/mol. The zero-order valence-electron chi connectivity index (χ0n) is 19.1. The third kappa shape index (κ3) is 2.25. The van der Waals surface area contributed by atoms with Gasteiger partial charge in [-0.1, -0.05) is 60.7 Å². The number of benzene rings is 5. The van der Waals surface area contributed by atoms with E-state index >= 15 is 0 Å². The Hall–Kier alpha value is -4.04. The molecule has 160 valence electrons. The molecule has 0 spiro atoms. The molecule has 1 aromatic heterocycles. The molecule has 0 amide bonds. The quantitative estimate of drug-likeness (QED) is 0.230. The Kier molecular flexibility index (Phi) is 3.41. The van der Waals surface area contributed by atoms with Crippen molar-refractivity contribution in [3.63, 3.8) is 0 Å². The zero-order valence-corrected chi connectivity index (χ0v) is 19.1. The third-order valence-corrected chi connectivity index (χ3v) is 8.03. The van der Waals surface area contributed by atoms with Crippen LogP contribution in [0.4, 0.5) is 0 Å². The lowest BCUT2D eigenvalue weighted by atomic mass is 9.64. The van der Waals surface area contributed by atoms with E-state index < -0.39 is 0 Å². The fraction of sp³-hybridized carbons (Fsp3) is 0.125. The number of fused-ring (bicyclic) bond motifs is 3. The maximum atomic E-state index is 5.30. The van der Waals surface area contributed by atoms with E-state index in [4.69, 9.17) is 9.97 Å². The van der Waals surface area contributed by atoms with Gasteiger partial charge in [0.15, 0.2) is 0 Å². The smallest absolute Gasteiger partial charge is 0.0897 e. The summed E-state index contributed by atoms with van der Waals surface area (Å²) in [6, 6.07) is 31.2. The second kappa shape index (κ2) is 6.30. The van der Waals surface area contributed by atoms with E-state index in [9.17, 15) is 0 Å². The summed E-state index contributed by atoms with van der Waals surface area (Å²) in [6.45, 7) is 4.38. The van der Waals surface area contributed by atoms with Crippen molar-refractivity contribution in [3.05, 3.63) is 130 Å². The lowest BCUT2D eigenvalue weighted by molar-refractivity contribution is 0.709. The van der Waals surface area contributed by atoms with Gasteiger partial charge in [-0.05, 0) is 93.0 Å². The molecule has 34 heavy (non-hydrogen) atoms. The van der Waals surface area contributed by atoms with Crippen LogP contribution in [0, 0.1) is 13.8 Å². The lowest BCUT2D eigenvalue weighted by Crippen LogP contribution is -2.29. The summed E-state index contributed by atoms with van der Waals surface area (Å²) >= 11 is 0. The molecule has 1 heterocycles. The van der Waals surface area contributed by atoms with Crippen LogP contribution < -0.4 is 0 Å². The highest BCUT2D eigenvalue weighted by Gasteiger charge is 2.43. The average Bonchev–Trinajstić information content (AvgIpc) is 2.87. The molecule has 0 fully saturated rings. The van der Waals surface area contributed by atoms with Crippen molar-refractivity contribution in [1.29, 1.82) is 0 Å². The minimum atomic E-state index is 0.154. The van der Waals surface area contributed by atoms with Gasteiger partial charge >= 0.3 is 0 Å². The van der Waals surface area contributed by atoms with Crippen molar-refractivity contribution in [3.8, 4) is 0 Å². The Bertz CT molecular complexity index is 1670. The van der Waals surface area contributed by atoms with Gasteiger partial charge in [-0.2, -0.15) is 0 Å². The number of hydrogen-bond donors (Lipinski definition) is 0. The number of aromatic nitrogens is 2. The summed E-state index contributed by atoms with van der Waals surface area (Å²) in [5, 5.41) is 5.09. The van der Waals surface area contributed by atoms with Gasteiger partial charge < -0.3 is 0 Å². The molecule has 9 rings (SSSR count). The van der Waals surface area contributed by atoms with Crippen LogP contribution in [0.2, 0.25) is 0 Å². The molecule has 3 aliphatic carbocycles. The summed E-state index contributed by atoms with van der Waals surface area (Å²) in [6.07, 6.45) is 0. The molecule has 0 radical (unpaired) electrons. The van der Waals surface area contributed by atoms with E-state index in [1.165, 1.54) is 54.9 Å². The summed E-state index contributed by atoms with van der Waals surface area (Å²) < 4.78 is 0. The predicted octanol–water partition coefficient (Wildman–Crippen LogP) is 7.54. The number of aryl methyl sites for hydroxylation is 2. The molecule has 0 aliphatic heterocycles. The molecular weight excluding hydrogens is 412 g/mol. The van der Waals surface area contributed by atoms with E-state index in [2.05, 4.69) is 98.8 Å². The fourth-order valence-electron chi connectivity index (χ4n) is 6.38. The molecule has 0 N–H and O–H groups in total. The fourth-order valence-corrected chi connectivity index (χ4v) is 6.38. The second-order valence-electron chi connectivity index (χ2n) is 9.90. The first-order valence-electron chi connectivity index (χ1n) is 12.0. The van der Waals surface area contributed by atoms with Gasteiger partial charge in [0, 0.05) is 0 Å². The van der Waals surface area contributed by atoms with Crippen LogP contribution in [0.1, 0.15) is 56.6 Å². The Labute approximate surface area is 197 Å². The zero-order chi connectivity index (χ0) is 22.6. The van der Waals surface area contributed by atoms with Crippen molar-refractivity contribution >= 4 is 32.6 Å². The molecule has 0 saturated carbocycles. The van der Waals surface area contributed by atoms with Crippen LogP contribution >= 0.6 is 0 Å². The van der Waals surface area contributed by atoms with Crippen molar-refractivity contribution in [2.75, 3.05) is 0 Å². The first-order valence-corrected chi connectivity index (χ1v) is 12.0. The van der Waals surface area contributed by atoms with E-state index in [0.29, 0.717) is 0 Å². The Morgan fingerprint density at radius 3 is 1.26 bits per heavy atom. The molecule has 2 bridgehead atoms. The number of nitrogens with zero attached hydrogens (tertiary/aromatic N) is 2. The largest absolute Gasteiger partial charge is 0.248 e. The standard InChI is InChI=1S/C32H22N2/c1-17-11-12-18(2)26-14-20-16-28-27(15-19(20)13-25(17)26)33-31-29-21-7-3-5-9-23(21)30(32(31)34-28)24-10-6-4-8-22(24)29/h3-16,29-30H,1-2H3.